The van der Waals surface area contributed by atoms with Crippen molar-refractivity contribution in [3.63, 3.8) is 0 Å². The minimum absolute atomic E-state index is 0.0715. The maximum atomic E-state index is 12.7. The second kappa shape index (κ2) is 6.93. The number of carbonyl (C=O) groups excluding carboxylic acids is 1. The normalized spacial score (nSPS) is 10.7. The molecule has 0 aliphatic rings. The van der Waals surface area contributed by atoms with Gasteiger partial charge in [-0.3, -0.25) is 9.78 Å². The molecule has 25 heavy (non-hydrogen) atoms. The predicted octanol–water partition coefficient (Wildman–Crippen LogP) is 3.85. The largest absolute Gasteiger partial charge is 0.378 e. The second-order valence-corrected chi connectivity index (χ2v) is 6.58. The summed E-state index contributed by atoms with van der Waals surface area (Å²) in [5, 5.41) is 3.92. The van der Waals surface area contributed by atoms with Gasteiger partial charge in [0.1, 0.15) is 0 Å². The molecule has 1 aromatic heterocycles. The van der Waals surface area contributed by atoms with Gasteiger partial charge in [-0.15, -0.1) is 0 Å². The Kier molecular flexibility index (Phi) is 4.70. The summed E-state index contributed by atoms with van der Waals surface area (Å²) in [5.41, 5.74) is 5.71. The van der Waals surface area contributed by atoms with E-state index in [1.807, 2.05) is 64.3 Å². The van der Waals surface area contributed by atoms with Crippen LogP contribution in [0.4, 0.5) is 5.69 Å². The number of hydrogen-bond acceptors (Lipinski definition) is 3. The third-order valence-electron chi connectivity index (χ3n) is 4.24. The fraction of sp³-hybridized carbons (Fsp3) is 0.238. The van der Waals surface area contributed by atoms with Crippen LogP contribution in [0.15, 0.2) is 48.5 Å². The number of nitrogens with zero attached hydrogens (tertiary/aromatic N) is 2. The van der Waals surface area contributed by atoms with E-state index in [-0.39, 0.29) is 5.91 Å². The molecule has 128 valence electrons. The first kappa shape index (κ1) is 17.0. The van der Waals surface area contributed by atoms with Crippen molar-refractivity contribution in [3.05, 3.63) is 70.9 Å². The topological polar surface area (TPSA) is 45.2 Å². The van der Waals surface area contributed by atoms with Crippen molar-refractivity contribution in [2.24, 2.45) is 0 Å². The Bertz CT molecular complexity index is 914. The number of fused-ring (bicyclic) bond motifs is 1. The number of hydrogen-bond donors (Lipinski definition) is 1. The second-order valence-electron chi connectivity index (χ2n) is 6.58. The van der Waals surface area contributed by atoms with E-state index in [2.05, 4.69) is 27.3 Å². The first-order valence-corrected chi connectivity index (χ1v) is 8.36. The van der Waals surface area contributed by atoms with Crippen molar-refractivity contribution >= 4 is 22.5 Å². The molecule has 0 spiro atoms. The van der Waals surface area contributed by atoms with Gasteiger partial charge in [-0.1, -0.05) is 23.8 Å². The molecule has 1 heterocycles. The zero-order valence-electron chi connectivity index (χ0n) is 15.1. The Morgan fingerprint density at radius 2 is 1.76 bits per heavy atom. The molecule has 0 radical (unpaired) electrons. The Morgan fingerprint density at radius 1 is 1.04 bits per heavy atom. The van der Waals surface area contributed by atoms with Gasteiger partial charge in [0.15, 0.2) is 0 Å². The van der Waals surface area contributed by atoms with Crippen molar-refractivity contribution in [2.45, 2.75) is 20.4 Å². The molecule has 1 amide bonds. The summed E-state index contributed by atoms with van der Waals surface area (Å²) in [6.45, 7) is 4.44. The first-order chi connectivity index (χ1) is 11.9. The molecule has 0 aliphatic heterocycles. The van der Waals surface area contributed by atoms with E-state index >= 15 is 0 Å². The van der Waals surface area contributed by atoms with Gasteiger partial charge in [0.25, 0.3) is 5.91 Å². The minimum Gasteiger partial charge on any atom is -0.378 e. The van der Waals surface area contributed by atoms with Crippen LogP contribution in [-0.4, -0.2) is 25.0 Å². The van der Waals surface area contributed by atoms with Gasteiger partial charge in [-0.2, -0.15) is 0 Å². The van der Waals surface area contributed by atoms with Crippen LogP contribution in [0.2, 0.25) is 0 Å². The van der Waals surface area contributed by atoms with E-state index in [1.54, 1.807) is 0 Å². The van der Waals surface area contributed by atoms with Crippen LogP contribution >= 0.6 is 0 Å². The number of aromatic nitrogens is 1. The van der Waals surface area contributed by atoms with E-state index in [9.17, 15) is 4.79 Å². The Balaban J connectivity index is 1.81. The number of amides is 1. The Hall–Kier alpha value is -2.88. The van der Waals surface area contributed by atoms with Crippen LogP contribution in [0.25, 0.3) is 10.9 Å². The zero-order chi connectivity index (χ0) is 18.0. The van der Waals surface area contributed by atoms with Crippen molar-refractivity contribution in [3.8, 4) is 0 Å². The summed E-state index contributed by atoms with van der Waals surface area (Å²) >= 11 is 0. The van der Waals surface area contributed by atoms with Gasteiger partial charge in [0.05, 0.1) is 11.1 Å². The van der Waals surface area contributed by atoms with Gasteiger partial charge < -0.3 is 10.2 Å². The van der Waals surface area contributed by atoms with E-state index in [1.165, 1.54) is 0 Å². The number of nitrogens with one attached hydrogen (secondary N) is 1. The molecular weight excluding hydrogens is 310 g/mol. The lowest BCUT2D eigenvalue weighted by Gasteiger charge is -2.13. The highest BCUT2D eigenvalue weighted by Gasteiger charge is 2.12. The molecule has 0 saturated carbocycles. The number of carbonyl (C=O) groups is 1. The summed E-state index contributed by atoms with van der Waals surface area (Å²) in [4.78, 5) is 19.3. The lowest BCUT2D eigenvalue weighted by Crippen LogP contribution is -2.23. The maximum absolute atomic E-state index is 12.7. The van der Waals surface area contributed by atoms with Crippen LogP contribution in [0.5, 0.6) is 0 Å². The molecule has 0 saturated heterocycles. The van der Waals surface area contributed by atoms with Crippen LogP contribution in [0, 0.1) is 13.8 Å². The lowest BCUT2D eigenvalue weighted by molar-refractivity contribution is 0.0952. The average Bonchev–Trinajstić information content (AvgIpc) is 2.59. The highest BCUT2D eigenvalue weighted by molar-refractivity contribution is 6.06. The highest BCUT2D eigenvalue weighted by Crippen LogP contribution is 2.20. The molecule has 1 N–H and O–H groups in total. The molecular formula is C21H23N3O. The van der Waals surface area contributed by atoms with Crippen LogP contribution in [0.1, 0.15) is 27.2 Å². The quantitative estimate of drug-likeness (QED) is 0.789. The monoisotopic (exact) mass is 333 g/mol. The van der Waals surface area contributed by atoms with E-state index in [4.69, 9.17) is 0 Å². The molecule has 0 aliphatic carbocycles. The smallest absolute Gasteiger partial charge is 0.252 e. The lowest BCUT2D eigenvalue weighted by atomic mass is 10.0. The summed E-state index contributed by atoms with van der Waals surface area (Å²) in [5.74, 6) is -0.0715. The van der Waals surface area contributed by atoms with Crippen molar-refractivity contribution in [2.75, 3.05) is 19.0 Å². The molecule has 4 nitrogen and oxygen atoms in total. The van der Waals surface area contributed by atoms with E-state index in [0.29, 0.717) is 12.1 Å². The van der Waals surface area contributed by atoms with Crippen molar-refractivity contribution in [1.29, 1.82) is 0 Å². The van der Waals surface area contributed by atoms with Gasteiger partial charge >= 0.3 is 0 Å². The van der Waals surface area contributed by atoms with Gasteiger partial charge in [-0.25, -0.2) is 0 Å². The summed E-state index contributed by atoms with van der Waals surface area (Å²) < 4.78 is 0. The van der Waals surface area contributed by atoms with Crippen LogP contribution < -0.4 is 10.2 Å². The highest BCUT2D eigenvalue weighted by atomic mass is 16.1. The van der Waals surface area contributed by atoms with Crippen molar-refractivity contribution in [1.82, 2.24) is 10.3 Å². The molecule has 3 aromatic rings. The molecule has 4 heteroatoms. The molecule has 0 fully saturated rings. The third kappa shape index (κ3) is 3.79. The maximum Gasteiger partial charge on any atom is 0.252 e. The summed E-state index contributed by atoms with van der Waals surface area (Å²) in [7, 11) is 4.02. The number of benzene rings is 2. The van der Waals surface area contributed by atoms with E-state index in [0.717, 1.165) is 33.4 Å². The number of aryl methyl sites for hydroxylation is 2. The summed E-state index contributed by atoms with van der Waals surface area (Å²) in [6, 6.07) is 16.0. The molecule has 3 rings (SSSR count). The zero-order valence-corrected chi connectivity index (χ0v) is 15.1. The molecule has 0 unspecified atom stereocenters. The molecule has 2 aromatic carbocycles. The molecule has 0 atom stereocenters. The standard InChI is InChI=1S/C21H23N3O/c1-14-5-10-20-18(11-14)19(12-15(2)23-20)21(25)22-13-16-6-8-17(9-7-16)24(3)4/h5-12H,13H2,1-4H3,(H,22,25). The van der Waals surface area contributed by atoms with Gasteiger partial charge in [0.2, 0.25) is 0 Å². The third-order valence-corrected chi connectivity index (χ3v) is 4.24. The fourth-order valence-corrected chi connectivity index (χ4v) is 2.85. The van der Waals surface area contributed by atoms with E-state index < -0.39 is 0 Å². The molecule has 0 bridgehead atoms. The number of anilines is 1. The van der Waals surface area contributed by atoms with Gasteiger partial charge in [0, 0.05) is 37.4 Å². The summed E-state index contributed by atoms with van der Waals surface area (Å²) in [6.07, 6.45) is 0. The Labute approximate surface area is 148 Å². The predicted molar refractivity (Wildman–Crippen MR) is 103 cm³/mol. The van der Waals surface area contributed by atoms with Crippen LogP contribution in [0.3, 0.4) is 0 Å². The minimum atomic E-state index is -0.0715. The number of rotatable bonds is 4. The first-order valence-electron chi connectivity index (χ1n) is 8.36. The van der Waals surface area contributed by atoms with Gasteiger partial charge in [-0.05, 0) is 49.7 Å². The number of pyridine rings is 1. The van der Waals surface area contributed by atoms with Crippen LogP contribution in [-0.2, 0) is 6.54 Å². The van der Waals surface area contributed by atoms with Crippen molar-refractivity contribution < 1.29 is 4.79 Å². The Morgan fingerprint density at radius 3 is 2.44 bits per heavy atom. The fourth-order valence-electron chi connectivity index (χ4n) is 2.85. The average molecular weight is 333 g/mol. The SMILES string of the molecule is Cc1ccc2nc(C)cc(C(=O)NCc3ccc(N(C)C)cc3)c2c1.